The average molecular weight is 315 g/mol. The summed E-state index contributed by atoms with van der Waals surface area (Å²) < 4.78 is 3.12. The van der Waals surface area contributed by atoms with E-state index in [4.69, 9.17) is 0 Å². The Morgan fingerprint density at radius 1 is 1.44 bits per heavy atom. The van der Waals surface area contributed by atoms with E-state index in [0.29, 0.717) is 18.4 Å². The van der Waals surface area contributed by atoms with Crippen LogP contribution in [0, 0.1) is 11.8 Å². The number of aromatic nitrogens is 2. The maximum absolute atomic E-state index is 9.65. The minimum absolute atomic E-state index is 0.295. The predicted molar refractivity (Wildman–Crippen MR) is 76.5 cm³/mol. The molecular formula is C14H23BrN2O. The molecule has 0 amide bonds. The monoisotopic (exact) mass is 314 g/mol. The van der Waals surface area contributed by atoms with E-state index in [9.17, 15) is 5.11 Å². The molecule has 1 unspecified atom stereocenters. The van der Waals surface area contributed by atoms with Crippen LogP contribution in [0.2, 0.25) is 0 Å². The molecule has 0 saturated heterocycles. The van der Waals surface area contributed by atoms with Gasteiger partial charge in [-0.2, -0.15) is 5.10 Å². The summed E-state index contributed by atoms with van der Waals surface area (Å²) in [6.07, 6.45) is 7.09. The fourth-order valence-electron chi connectivity index (χ4n) is 3.10. The van der Waals surface area contributed by atoms with Crippen molar-refractivity contribution in [2.75, 3.05) is 6.61 Å². The van der Waals surface area contributed by atoms with Gasteiger partial charge in [0.15, 0.2) is 0 Å². The van der Waals surface area contributed by atoms with Gasteiger partial charge < -0.3 is 5.11 Å². The topological polar surface area (TPSA) is 38.0 Å². The molecule has 0 aromatic carbocycles. The summed E-state index contributed by atoms with van der Waals surface area (Å²) in [6, 6.07) is 0. The van der Waals surface area contributed by atoms with Crippen molar-refractivity contribution in [2.45, 2.75) is 45.4 Å². The molecule has 3 nitrogen and oxygen atoms in total. The fraction of sp³-hybridized carbons (Fsp3) is 0.786. The van der Waals surface area contributed by atoms with Gasteiger partial charge in [-0.25, -0.2) is 0 Å². The van der Waals surface area contributed by atoms with E-state index >= 15 is 0 Å². The second kappa shape index (κ2) is 6.20. The molecule has 1 aliphatic carbocycles. The Morgan fingerprint density at radius 3 is 2.61 bits per heavy atom. The van der Waals surface area contributed by atoms with Gasteiger partial charge in [-0.15, -0.1) is 0 Å². The van der Waals surface area contributed by atoms with Gasteiger partial charge in [0, 0.05) is 13.7 Å². The highest BCUT2D eigenvalue weighted by Gasteiger charge is 2.26. The summed E-state index contributed by atoms with van der Waals surface area (Å²) in [5, 5.41) is 14.2. The summed E-state index contributed by atoms with van der Waals surface area (Å²) in [4.78, 5) is 0. The maximum Gasteiger partial charge on any atom is 0.0766 e. The van der Waals surface area contributed by atoms with Crippen LogP contribution in [0.15, 0.2) is 4.47 Å². The quantitative estimate of drug-likeness (QED) is 0.907. The van der Waals surface area contributed by atoms with Crippen LogP contribution in [0.5, 0.6) is 0 Å². The number of aryl methyl sites for hydroxylation is 2. The lowest BCUT2D eigenvalue weighted by Crippen LogP contribution is -2.20. The summed E-state index contributed by atoms with van der Waals surface area (Å²) in [7, 11) is 2.00. The molecule has 0 spiro atoms. The number of rotatable bonds is 5. The second-order valence-electron chi connectivity index (χ2n) is 5.38. The molecule has 0 radical (unpaired) electrons. The number of aliphatic hydroxyl groups excluding tert-OH is 1. The molecule has 1 aromatic heterocycles. The van der Waals surface area contributed by atoms with Gasteiger partial charge in [0.2, 0.25) is 0 Å². The molecule has 102 valence electrons. The Morgan fingerprint density at radius 2 is 2.11 bits per heavy atom. The average Bonchev–Trinajstić information content (AvgIpc) is 2.97. The van der Waals surface area contributed by atoms with Crippen LogP contribution in [0.25, 0.3) is 0 Å². The minimum Gasteiger partial charge on any atom is -0.396 e. The van der Waals surface area contributed by atoms with Gasteiger partial charge in [-0.1, -0.05) is 32.6 Å². The smallest absolute Gasteiger partial charge is 0.0766 e. The first-order chi connectivity index (χ1) is 8.67. The lowest BCUT2D eigenvalue weighted by Gasteiger charge is -2.21. The maximum atomic E-state index is 9.65. The van der Waals surface area contributed by atoms with Crippen molar-refractivity contribution >= 4 is 15.9 Å². The van der Waals surface area contributed by atoms with Gasteiger partial charge in [-0.3, -0.25) is 4.68 Å². The first kappa shape index (κ1) is 14.1. The molecule has 2 rings (SSSR count). The van der Waals surface area contributed by atoms with Crippen LogP contribution in [0.4, 0.5) is 0 Å². The van der Waals surface area contributed by atoms with Crippen molar-refractivity contribution in [3.05, 3.63) is 15.9 Å². The molecule has 0 bridgehead atoms. The lowest BCUT2D eigenvalue weighted by molar-refractivity contribution is 0.173. The molecule has 1 atom stereocenters. The molecule has 1 saturated carbocycles. The molecular weight excluding hydrogens is 292 g/mol. The number of hydrogen-bond donors (Lipinski definition) is 1. The van der Waals surface area contributed by atoms with Gasteiger partial charge in [-0.05, 0) is 40.6 Å². The summed E-state index contributed by atoms with van der Waals surface area (Å²) in [5.41, 5.74) is 2.36. The fourth-order valence-corrected chi connectivity index (χ4v) is 3.88. The van der Waals surface area contributed by atoms with Crippen molar-refractivity contribution in [1.82, 2.24) is 9.78 Å². The van der Waals surface area contributed by atoms with Crippen LogP contribution >= 0.6 is 15.9 Å². The van der Waals surface area contributed by atoms with E-state index in [1.54, 1.807) is 0 Å². The molecule has 1 N–H and O–H groups in total. The Bertz CT molecular complexity index is 397. The highest BCUT2D eigenvalue weighted by molar-refractivity contribution is 9.10. The third kappa shape index (κ3) is 2.80. The molecule has 0 aliphatic heterocycles. The Balaban J connectivity index is 2.13. The summed E-state index contributed by atoms with van der Waals surface area (Å²) >= 11 is 3.66. The van der Waals surface area contributed by atoms with E-state index in [-0.39, 0.29) is 0 Å². The molecule has 18 heavy (non-hydrogen) atoms. The van der Waals surface area contributed by atoms with Crippen LogP contribution in [-0.4, -0.2) is 21.5 Å². The zero-order valence-electron chi connectivity index (χ0n) is 11.3. The molecule has 1 aromatic rings. The third-order valence-electron chi connectivity index (χ3n) is 4.26. The van der Waals surface area contributed by atoms with Crippen LogP contribution in [0.3, 0.4) is 0 Å². The zero-order valence-corrected chi connectivity index (χ0v) is 12.9. The van der Waals surface area contributed by atoms with E-state index in [1.807, 2.05) is 11.7 Å². The van der Waals surface area contributed by atoms with Crippen molar-refractivity contribution in [2.24, 2.45) is 18.9 Å². The minimum atomic E-state index is 0.295. The zero-order chi connectivity index (χ0) is 13.1. The Labute approximate surface area is 118 Å². The second-order valence-corrected chi connectivity index (χ2v) is 6.17. The predicted octanol–water partition coefficient (Wildman–Crippen LogP) is 3.09. The van der Waals surface area contributed by atoms with Gasteiger partial charge >= 0.3 is 0 Å². The van der Waals surface area contributed by atoms with Crippen molar-refractivity contribution in [1.29, 1.82) is 0 Å². The van der Waals surface area contributed by atoms with E-state index in [2.05, 4.69) is 28.0 Å². The van der Waals surface area contributed by atoms with Gasteiger partial charge in [0.1, 0.15) is 0 Å². The number of halogens is 1. The summed E-state index contributed by atoms with van der Waals surface area (Å²) in [6.45, 7) is 2.42. The Hall–Kier alpha value is -0.350. The molecule has 1 heterocycles. The van der Waals surface area contributed by atoms with Gasteiger partial charge in [0.05, 0.1) is 15.9 Å². The van der Waals surface area contributed by atoms with Crippen LogP contribution in [-0.2, 0) is 19.9 Å². The van der Waals surface area contributed by atoms with Gasteiger partial charge in [0.25, 0.3) is 0 Å². The van der Waals surface area contributed by atoms with Crippen LogP contribution < -0.4 is 0 Å². The molecule has 4 heteroatoms. The van der Waals surface area contributed by atoms with Crippen molar-refractivity contribution in [3.63, 3.8) is 0 Å². The van der Waals surface area contributed by atoms with Crippen LogP contribution in [0.1, 0.15) is 44.0 Å². The highest BCUT2D eigenvalue weighted by Crippen LogP contribution is 2.34. The first-order valence-corrected chi connectivity index (χ1v) is 7.77. The normalized spacial score (nSPS) is 18.4. The largest absolute Gasteiger partial charge is 0.396 e. The van der Waals surface area contributed by atoms with Crippen molar-refractivity contribution < 1.29 is 5.11 Å². The SMILES string of the molecule is CCc1nn(C)c(CC(CO)C2CCCC2)c1Br. The highest BCUT2D eigenvalue weighted by atomic mass is 79.9. The van der Waals surface area contributed by atoms with E-state index in [0.717, 1.165) is 23.0 Å². The summed E-state index contributed by atoms with van der Waals surface area (Å²) in [5.74, 6) is 1.09. The third-order valence-corrected chi connectivity index (χ3v) is 5.17. The van der Waals surface area contributed by atoms with E-state index in [1.165, 1.54) is 31.4 Å². The lowest BCUT2D eigenvalue weighted by atomic mass is 9.87. The van der Waals surface area contributed by atoms with E-state index < -0.39 is 0 Å². The molecule has 1 aliphatic rings. The number of nitrogens with zero attached hydrogens (tertiary/aromatic N) is 2. The Kier molecular flexibility index (Phi) is 4.84. The first-order valence-electron chi connectivity index (χ1n) is 6.98. The number of aliphatic hydroxyl groups is 1. The van der Waals surface area contributed by atoms with Crippen molar-refractivity contribution in [3.8, 4) is 0 Å². The standard InChI is InChI=1S/C14H23BrN2O/c1-3-12-14(15)13(17(2)16-12)8-11(9-18)10-6-4-5-7-10/h10-11,18H,3-9H2,1-2H3. The number of hydrogen-bond acceptors (Lipinski definition) is 2. The molecule has 1 fully saturated rings.